The number of piperidine rings is 1. The number of likely N-dealkylation sites (tertiary alicyclic amines) is 1. The van der Waals surface area contributed by atoms with Gasteiger partial charge in [-0.25, -0.2) is 0 Å². The summed E-state index contributed by atoms with van der Waals surface area (Å²) in [4.78, 5) is 26.0. The van der Waals surface area contributed by atoms with Crippen LogP contribution in [0.3, 0.4) is 0 Å². The molecule has 0 amide bonds. The van der Waals surface area contributed by atoms with E-state index in [0.717, 1.165) is 25.9 Å². The van der Waals surface area contributed by atoms with Crippen LogP contribution >= 0.6 is 0 Å². The van der Waals surface area contributed by atoms with E-state index in [1.807, 2.05) is 0 Å². The van der Waals surface area contributed by atoms with Crippen molar-refractivity contribution in [2.75, 3.05) is 48.6 Å². The lowest BCUT2D eigenvalue weighted by Crippen LogP contribution is -2.55. The molecule has 0 radical (unpaired) electrons. The quantitative estimate of drug-likeness (QED) is 0.653. The highest BCUT2D eigenvalue weighted by Gasteiger charge is 2.44. The van der Waals surface area contributed by atoms with E-state index >= 15 is 0 Å². The van der Waals surface area contributed by atoms with Gasteiger partial charge in [-0.3, -0.25) is 4.48 Å². The van der Waals surface area contributed by atoms with Gasteiger partial charge in [0.25, 0.3) is 0 Å². The van der Waals surface area contributed by atoms with Crippen LogP contribution in [-0.2, 0) is 5.41 Å². The Labute approximate surface area is 163 Å². The molecular formula is C17H26N7O4+. The van der Waals surface area contributed by atoms with E-state index in [9.17, 15) is 0 Å². The van der Waals surface area contributed by atoms with Crippen molar-refractivity contribution in [3.8, 4) is 24.0 Å². The van der Waals surface area contributed by atoms with E-state index in [2.05, 4.69) is 43.9 Å². The standard InChI is InChI=1S/C17H26N7O4/c1-17(11-18-13(25-3)22-14(19-11)26-4)7-9-24(2,10-8-17)12-20-15(27-5)23-16(21-12)28-6/h7-10H2,1-6H3/q+1. The zero-order chi connectivity index (χ0) is 20.4. The fourth-order valence-corrected chi connectivity index (χ4v) is 3.19. The van der Waals surface area contributed by atoms with E-state index in [1.165, 1.54) is 28.4 Å². The smallest absolute Gasteiger partial charge is 0.338 e. The maximum Gasteiger partial charge on any atom is 0.338 e. The lowest BCUT2D eigenvalue weighted by molar-refractivity contribution is 0.180. The van der Waals surface area contributed by atoms with Crippen LogP contribution in [0.2, 0.25) is 0 Å². The van der Waals surface area contributed by atoms with Crippen molar-refractivity contribution in [2.45, 2.75) is 25.2 Å². The summed E-state index contributed by atoms with van der Waals surface area (Å²) in [5, 5.41) is 0. The predicted molar refractivity (Wildman–Crippen MR) is 99.9 cm³/mol. The Morgan fingerprint density at radius 2 is 1.07 bits per heavy atom. The third kappa shape index (κ3) is 3.75. The number of aromatic nitrogens is 6. The van der Waals surface area contributed by atoms with Crippen LogP contribution in [0, 0.1) is 0 Å². The first-order valence-corrected chi connectivity index (χ1v) is 8.89. The number of hydrogen-bond donors (Lipinski definition) is 0. The van der Waals surface area contributed by atoms with Gasteiger partial charge in [0.15, 0.2) is 0 Å². The first-order valence-electron chi connectivity index (χ1n) is 8.89. The second-order valence-electron chi connectivity index (χ2n) is 7.14. The molecule has 1 fully saturated rings. The Kier molecular flexibility index (Phi) is 5.45. The van der Waals surface area contributed by atoms with Gasteiger partial charge in [-0.2, -0.15) is 9.97 Å². The van der Waals surface area contributed by atoms with Crippen LogP contribution < -0.4 is 23.4 Å². The van der Waals surface area contributed by atoms with E-state index < -0.39 is 0 Å². The van der Waals surface area contributed by atoms with Crippen LogP contribution in [0.15, 0.2) is 0 Å². The highest BCUT2D eigenvalue weighted by atomic mass is 16.5. The van der Waals surface area contributed by atoms with Gasteiger partial charge in [-0.1, -0.05) is 6.92 Å². The van der Waals surface area contributed by atoms with E-state index in [0.29, 0.717) is 16.3 Å². The molecular weight excluding hydrogens is 366 g/mol. The summed E-state index contributed by atoms with van der Waals surface area (Å²) in [6.07, 6.45) is 1.63. The zero-order valence-corrected chi connectivity index (χ0v) is 17.1. The highest BCUT2D eigenvalue weighted by molar-refractivity contribution is 5.30. The number of nitrogens with zero attached hydrogens (tertiary/aromatic N) is 7. The van der Waals surface area contributed by atoms with Gasteiger partial charge < -0.3 is 18.9 Å². The molecule has 152 valence electrons. The van der Waals surface area contributed by atoms with Gasteiger partial charge in [-0.15, -0.1) is 19.9 Å². The molecule has 1 aliphatic rings. The van der Waals surface area contributed by atoms with Crippen molar-refractivity contribution < 1.29 is 18.9 Å². The van der Waals surface area contributed by atoms with Gasteiger partial charge in [0, 0.05) is 18.3 Å². The molecule has 0 atom stereocenters. The van der Waals surface area contributed by atoms with Gasteiger partial charge in [0.05, 0.1) is 48.6 Å². The monoisotopic (exact) mass is 392 g/mol. The van der Waals surface area contributed by atoms with Crippen LogP contribution in [0.1, 0.15) is 25.6 Å². The average molecular weight is 392 g/mol. The third-order valence-electron chi connectivity index (χ3n) is 5.24. The first-order chi connectivity index (χ1) is 13.4. The van der Waals surface area contributed by atoms with E-state index in [4.69, 9.17) is 18.9 Å². The molecule has 0 aliphatic carbocycles. The SMILES string of the molecule is COc1nc(OC)nc(C2(C)CC[N+](C)(c3nc(OC)nc(OC)n3)CC2)n1. The number of methoxy groups -OCH3 is 4. The molecule has 11 nitrogen and oxygen atoms in total. The normalized spacial score (nSPS) is 24.5. The summed E-state index contributed by atoms with van der Waals surface area (Å²) in [5.41, 5.74) is -0.248. The molecule has 2 aromatic heterocycles. The van der Waals surface area contributed by atoms with Crippen molar-refractivity contribution in [1.29, 1.82) is 0 Å². The van der Waals surface area contributed by atoms with Gasteiger partial charge in [0.2, 0.25) is 0 Å². The van der Waals surface area contributed by atoms with Gasteiger partial charge >= 0.3 is 30.0 Å². The van der Waals surface area contributed by atoms with Crippen molar-refractivity contribution in [1.82, 2.24) is 34.4 Å². The second-order valence-corrected chi connectivity index (χ2v) is 7.14. The molecule has 0 saturated carbocycles. The molecule has 1 aliphatic heterocycles. The molecule has 0 aromatic carbocycles. The lowest BCUT2D eigenvalue weighted by Gasteiger charge is -2.42. The maximum atomic E-state index is 5.19. The Balaban J connectivity index is 1.87. The van der Waals surface area contributed by atoms with E-state index in [1.54, 1.807) is 0 Å². The van der Waals surface area contributed by atoms with Crippen LogP contribution in [0.5, 0.6) is 24.0 Å². The molecule has 28 heavy (non-hydrogen) atoms. The number of rotatable bonds is 6. The molecule has 3 heterocycles. The molecule has 0 unspecified atom stereocenters. The first kappa shape index (κ1) is 19.9. The van der Waals surface area contributed by atoms with Gasteiger partial charge in [0.1, 0.15) is 5.82 Å². The largest absolute Gasteiger partial charge is 0.467 e. The minimum absolute atomic E-state index is 0.237. The second kappa shape index (κ2) is 7.66. The average Bonchev–Trinajstić information content (AvgIpc) is 2.75. The molecule has 0 N–H and O–H groups in total. The summed E-state index contributed by atoms with van der Waals surface area (Å²) < 4.78 is 21.3. The number of ether oxygens (including phenoxy) is 4. The molecule has 0 bridgehead atoms. The highest BCUT2D eigenvalue weighted by Crippen LogP contribution is 2.38. The topological polar surface area (TPSA) is 114 Å². The van der Waals surface area contributed by atoms with Crippen molar-refractivity contribution in [3.05, 3.63) is 5.82 Å². The fourth-order valence-electron chi connectivity index (χ4n) is 3.19. The van der Waals surface area contributed by atoms with Crippen molar-refractivity contribution in [2.24, 2.45) is 0 Å². The summed E-state index contributed by atoms with van der Waals surface area (Å²) >= 11 is 0. The minimum Gasteiger partial charge on any atom is -0.467 e. The lowest BCUT2D eigenvalue weighted by atomic mass is 9.79. The van der Waals surface area contributed by atoms with Crippen molar-refractivity contribution in [3.63, 3.8) is 0 Å². The number of quaternary nitrogens is 1. The Morgan fingerprint density at radius 3 is 1.46 bits per heavy atom. The molecule has 0 spiro atoms. The summed E-state index contributed by atoms with van der Waals surface area (Å²) in [5.74, 6) is 1.27. The van der Waals surface area contributed by atoms with Crippen LogP contribution in [0.4, 0.5) is 5.95 Å². The minimum atomic E-state index is -0.248. The molecule has 1 saturated heterocycles. The van der Waals surface area contributed by atoms with Crippen LogP contribution in [-0.4, -0.2) is 78.5 Å². The molecule has 2 aromatic rings. The molecule has 3 rings (SSSR count). The summed E-state index contributed by atoms with van der Waals surface area (Å²) in [6.45, 7) is 3.70. The zero-order valence-electron chi connectivity index (χ0n) is 17.1. The molecule has 11 heteroatoms. The maximum absolute atomic E-state index is 5.19. The van der Waals surface area contributed by atoms with Crippen molar-refractivity contribution >= 4 is 5.95 Å². The Hall–Kier alpha value is -2.82. The predicted octanol–water partition coefficient (Wildman–Crippen LogP) is 0.780. The fraction of sp³-hybridized carbons (Fsp3) is 0.647. The van der Waals surface area contributed by atoms with Gasteiger partial charge in [-0.05, 0) is 0 Å². The van der Waals surface area contributed by atoms with E-state index in [-0.39, 0.29) is 29.5 Å². The Morgan fingerprint density at radius 1 is 0.679 bits per heavy atom. The van der Waals surface area contributed by atoms with Crippen LogP contribution in [0.25, 0.3) is 0 Å². The summed E-state index contributed by atoms with van der Waals surface area (Å²) in [7, 11) is 8.18. The number of hydrogen-bond acceptors (Lipinski definition) is 10. The summed E-state index contributed by atoms with van der Waals surface area (Å²) in [6, 6.07) is 0.971. The Bertz CT molecular complexity index is 726. The third-order valence-corrected chi connectivity index (χ3v) is 5.24.